The molecule has 16 heavy (non-hydrogen) atoms. The minimum atomic E-state index is -0.144. The molecule has 0 aromatic carbocycles. The first kappa shape index (κ1) is 11.7. The van der Waals surface area contributed by atoms with Gasteiger partial charge in [-0.15, -0.1) is 0 Å². The zero-order chi connectivity index (χ0) is 11.6. The van der Waals surface area contributed by atoms with E-state index in [0.29, 0.717) is 0 Å². The summed E-state index contributed by atoms with van der Waals surface area (Å²) < 4.78 is 5.20. The first-order valence-electron chi connectivity index (χ1n) is 5.58. The van der Waals surface area contributed by atoms with E-state index < -0.39 is 0 Å². The summed E-state index contributed by atoms with van der Waals surface area (Å²) in [4.78, 5) is 6.60. The zero-order valence-corrected chi connectivity index (χ0v) is 10.7. The van der Waals surface area contributed by atoms with Crippen molar-refractivity contribution in [2.45, 2.75) is 18.6 Å². The molecule has 4 heteroatoms. The Morgan fingerprint density at radius 3 is 2.62 bits per heavy atom. The number of hydrogen-bond donors (Lipinski definition) is 1. The Morgan fingerprint density at radius 2 is 2.00 bits per heavy atom. The number of morpholine rings is 1. The Kier molecular flexibility index (Phi) is 3.40. The SMILES string of the molecule is CC(C)(S)c1cncc(N2CCOCC2)c1. The predicted octanol–water partition coefficient (Wildman–Crippen LogP) is 2.08. The van der Waals surface area contributed by atoms with Gasteiger partial charge in [-0.05, 0) is 25.5 Å². The molecule has 1 aromatic heterocycles. The van der Waals surface area contributed by atoms with Crippen molar-refractivity contribution in [2.24, 2.45) is 0 Å². The summed E-state index contributed by atoms with van der Waals surface area (Å²) in [6.07, 6.45) is 3.80. The van der Waals surface area contributed by atoms with Crippen molar-refractivity contribution in [3.8, 4) is 0 Å². The van der Waals surface area contributed by atoms with Gasteiger partial charge in [0.05, 0.1) is 25.1 Å². The molecule has 0 bridgehead atoms. The van der Waals surface area contributed by atoms with Crippen LogP contribution in [0.25, 0.3) is 0 Å². The number of thiol groups is 1. The molecule has 0 radical (unpaired) electrons. The van der Waals surface area contributed by atoms with Crippen LogP contribution in [0.2, 0.25) is 0 Å². The second-order valence-electron chi connectivity index (χ2n) is 4.59. The molecule has 3 nitrogen and oxygen atoms in total. The number of aromatic nitrogens is 1. The molecule has 88 valence electrons. The van der Waals surface area contributed by atoms with Crippen LogP contribution < -0.4 is 4.90 Å². The third-order valence-corrected chi connectivity index (χ3v) is 3.06. The Hall–Kier alpha value is -0.740. The maximum atomic E-state index is 5.34. The molecule has 0 saturated carbocycles. The third kappa shape index (κ3) is 2.68. The van der Waals surface area contributed by atoms with Crippen LogP contribution in [0.4, 0.5) is 5.69 Å². The highest BCUT2D eigenvalue weighted by molar-refractivity contribution is 7.81. The van der Waals surface area contributed by atoms with Gasteiger partial charge in [-0.2, -0.15) is 12.6 Å². The van der Waals surface area contributed by atoms with Crippen molar-refractivity contribution >= 4 is 18.3 Å². The van der Waals surface area contributed by atoms with Crippen molar-refractivity contribution in [1.29, 1.82) is 0 Å². The average molecular weight is 238 g/mol. The molecule has 0 N–H and O–H groups in total. The topological polar surface area (TPSA) is 25.4 Å². The van der Waals surface area contributed by atoms with Crippen LogP contribution in [-0.2, 0) is 9.48 Å². The van der Waals surface area contributed by atoms with Crippen molar-refractivity contribution in [1.82, 2.24) is 4.98 Å². The van der Waals surface area contributed by atoms with Gasteiger partial charge in [0.15, 0.2) is 0 Å². The van der Waals surface area contributed by atoms with Crippen molar-refractivity contribution in [2.75, 3.05) is 31.2 Å². The highest BCUT2D eigenvalue weighted by Gasteiger charge is 2.18. The molecule has 1 aliphatic heterocycles. The van der Waals surface area contributed by atoms with E-state index in [0.717, 1.165) is 31.9 Å². The van der Waals surface area contributed by atoms with Gasteiger partial charge in [-0.3, -0.25) is 4.98 Å². The van der Waals surface area contributed by atoms with E-state index in [-0.39, 0.29) is 4.75 Å². The molecule has 1 saturated heterocycles. The van der Waals surface area contributed by atoms with E-state index in [1.165, 1.54) is 5.69 Å². The van der Waals surface area contributed by atoms with Crippen LogP contribution in [-0.4, -0.2) is 31.3 Å². The van der Waals surface area contributed by atoms with E-state index in [1.807, 2.05) is 12.4 Å². The predicted molar refractivity (Wildman–Crippen MR) is 69.3 cm³/mol. The standard InChI is InChI=1S/C12H18N2OS/c1-12(2,16)10-7-11(9-13-8-10)14-3-5-15-6-4-14/h7-9,16H,3-6H2,1-2H3. The number of pyridine rings is 1. The van der Waals surface area contributed by atoms with E-state index in [9.17, 15) is 0 Å². The van der Waals surface area contributed by atoms with Crippen LogP contribution in [0.15, 0.2) is 18.5 Å². The number of nitrogens with zero attached hydrogens (tertiary/aromatic N) is 2. The van der Waals surface area contributed by atoms with Gasteiger partial charge in [-0.1, -0.05) is 0 Å². The summed E-state index contributed by atoms with van der Waals surface area (Å²) in [5.41, 5.74) is 2.32. The minimum Gasteiger partial charge on any atom is -0.378 e. The Labute approximate surface area is 102 Å². The summed E-state index contributed by atoms with van der Waals surface area (Å²) in [6.45, 7) is 7.64. The molecule has 1 aromatic rings. The fourth-order valence-electron chi connectivity index (χ4n) is 1.76. The van der Waals surface area contributed by atoms with Crippen LogP contribution in [0.5, 0.6) is 0 Å². The summed E-state index contributed by atoms with van der Waals surface area (Å²) in [5, 5.41) is 0. The average Bonchev–Trinajstić information content (AvgIpc) is 2.29. The lowest BCUT2D eigenvalue weighted by Gasteiger charge is -2.29. The first-order valence-corrected chi connectivity index (χ1v) is 6.03. The minimum absolute atomic E-state index is 0.144. The largest absolute Gasteiger partial charge is 0.378 e. The Bertz CT molecular complexity index is 356. The highest BCUT2D eigenvalue weighted by atomic mass is 32.1. The van der Waals surface area contributed by atoms with Crippen molar-refractivity contribution in [3.05, 3.63) is 24.0 Å². The molecule has 0 atom stereocenters. The number of hydrogen-bond acceptors (Lipinski definition) is 4. The molecular formula is C12H18N2OS. The summed E-state index contributed by atoms with van der Waals surface area (Å²) in [5.74, 6) is 0. The Morgan fingerprint density at radius 1 is 1.31 bits per heavy atom. The van der Waals surface area contributed by atoms with E-state index in [2.05, 4.69) is 42.4 Å². The molecule has 2 rings (SSSR count). The second-order valence-corrected chi connectivity index (χ2v) is 5.71. The molecule has 1 fully saturated rings. The monoisotopic (exact) mass is 238 g/mol. The smallest absolute Gasteiger partial charge is 0.0642 e. The third-order valence-electron chi connectivity index (χ3n) is 2.81. The quantitative estimate of drug-likeness (QED) is 0.799. The lowest BCUT2D eigenvalue weighted by molar-refractivity contribution is 0.122. The summed E-state index contributed by atoms with van der Waals surface area (Å²) >= 11 is 4.57. The number of anilines is 1. The zero-order valence-electron chi connectivity index (χ0n) is 9.81. The second kappa shape index (κ2) is 4.63. The van der Waals surface area contributed by atoms with Gasteiger partial charge in [0.1, 0.15) is 0 Å². The van der Waals surface area contributed by atoms with Gasteiger partial charge in [0.2, 0.25) is 0 Å². The maximum absolute atomic E-state index is 5.34. The maximum Gasteiger partial charge on any atom is 0.0642 e. The van der Waals surface area contributed by atoms with Gasteiger partial charge < -0.3 is 9.64 Å². The van der Waals surface area contributed by atoms with Crippen molar-refractivity contribution < 1.29 is 4.74 Å². The van der Waals surface area contributed by atoms with E-state index >= 15 is 0 Å². The fraction of sp³-hybridized carbons (Fsp3) is 0.583. The molecule has 1 aliphatic rings. The molecule has 2 heterocycles. The van der Waals surface area contributed by atoms with Crippen LogP contribution in [0.3, 0.4) is 0 Å². The van der Waals surface area contributed by atoms with E-state index in [1.54, 1.807) is 0 Å². The van der Waals surface area contributed by atoms with Gasteiger partial charge in [0, 0.05) is 24.0 Å². The lowest BCUT2D eigenvalue weighted by atomic mass is 10.0. The lowest BCUT2D eigenvalue weighted by Crippen LogP contribution is -2.36. The summed E-state index contributed by atoms with van der Waals surface area (Å²) in [7, 11) is 0. The molecule has 0 aliphatic carbocycles. The van der Waals surface area contributed by atoms with Crippen molar-refractivity contribution in [3.63, 3.8) is 0 Å². The molecule has 0 unspecified atom stereocenters. The molecular weight excluding hydrogens is 220 g/mol. The summed E-state index contributed by atoms with van der Waals surface area (Å²) in [6, 6.07) is 2.17. The molecule has 0 spiro atoms. The van der Waals surface area contributed by atoms with Gasteiger partial charge in [0.25, 0.3) is 0 Å². The van der Waals surface area contributed by atoms with Crippen LogP contribution in [0, 0.1) is 0 Å². The number of ether oxygens (including phenoxy) is 1. The van der Waals surface area contributed by atoms with Crippen LogP contribution in [0.1, 0.15) is 19.4 Å². The fourth-order valence-corrected chi connectivity index (χ4v) is 1.88. The van der Waals surface area contributed by atoms with E-state index in [4.69, 9.17) is 4.74 Å². The Balaban J connectivity index is 2.21. The highest BCUT2D eigenvalue weighted by Crippen LogP contribution is 2.29. The number of rotatable bonds is 2. The van der Waals surface area contributed by atoms with Gasteiger partial charge >= 0.3 is 0 Å². The normalized spacial score (nSPS) is 17.6. The van der Waals surface area contributed by atoms with Gasteiger partial charge in [-0.25, -0.2) is 0 Å². The van der Waals surface area contributed by atoms with Crippen LogP contribution >= 0.6 is 12.6 Å². The molecule has 0 amide bonds. The first-order chi connectivity index (χ1) is 7.57.